The van der Waals surface area contributed by atoms with Crippen molar-refractivity contribution in [3.63, 3.8) is 0 Å². The fourth-order valence-corrected chi connectivity index (χ4v) is 3.70. The summed E-state index contributed by atoms with van der Waals surface area (Å²) in [5, 5.41) is 2.64. The molecule has 1 aliphatic carbocycles. The van der Waals surface area contributed by atoms with Gasteiger partial charge in [0.1, 0.15) is 0 Å². The van der Waals surface area contributed by atoms with Crippen LogP contribution in [0.4, 0.5) is 0 Å². The smallest absolute Gasteiger partial charge is 0.00135 e. The van der Waals surface area contributed by atoms with Gasteiger partial charge in [-0.2, -0.15) is 0 Å². The third-order valence-corrected chi connectivity index (χ3v) is 5.18. The first-order valence-electron chi connectivity index (χ1n) is 9.40. The van der Waals surface area contributed by atoms with E-state index < -0.39 is 0 Å². The fourth-order valence-electron chi connectivity index (χ4n) is 3.70. The third kappa shape index (κ3) is 3.28. The molecule has 0 fully saturated rings. The van der Waals surface area contributed by atoms with E-state index in [1.807, 2.05) is 0 Å². The van der Waals surface area contributed by atoms with E-state index in [1.165, 1.54) is 44.2 Å². The maximum atomic E-state index is 2.35. The van der Waals surface area contributed by atoms with Crippen LogP contribution < -0.4 is 0 Å². The highest BCUT2D eigenvalue weighted by molar-refractivity contribution is 5.82. The second kappa shape index (κ2) is 7.17. The molecule has 5 rings (SSSR count). The van der Waals surface area contributed by atoms with Crippen LogP contribution in [-0.2, 0) is 12.8 Å². The molecule has 0 aliphatic heterocycles. The highest BCUT2D eigenvalue weighted by Crippen LogP contribution is 2.36. The minimum atomic E-state index is 1.11. The molecular weight excluding hydrogens is 312 g/mol. The third-order valence-electron chi connectivity index (χ3n) is 5.18. The number of hydrogen-bond donors (Lipinski definition) is 0. The van der Waals surface area contributed by atoms with Crippen molar-refractivity contribution in [2.24, 2.45) is 0 Å². The topological polar surface area (TPSA) is 0 Å². The standard InChI is InChI=1S/C15H14.C11H10/c1-2-11-7-8-13-10-12-5-3-4-6-14(12)15(13)9-11;1-9-6-7-10-4-2-3-5-11(10)8-9/h3-9H,2,10H2,1H3;2-8H,1H3. The van der Waals surface area contributed by atoms with Crippen LogP contribution in [0, 0.1) is 6.92 Å². The average Bonchev–Trinajstić information content (AvgIpc) is 3.06. The first-order chi connectivity index (χ1) is 12.7. The van der Waals surface area contributed by atoms with Gasteiger partial charge in [-0.25, -0.2) is 0 Å². The molecule has 0 saturated heterocycles. The van der Waals surface area contributed by atoms with Gasteiger partial charge in [-0.3, -0.25) is 0 Å². The van der Waals surface area contributed by atoms with Gasteiger partial charge < -0.3 is 0 Å². The molecule has 0 atom stereocenters. The zero-order valence-corrected chi connectivity index (χ0v) is 15.5. The van der Waals surface area contributed by atoms with E-state index in [9.17, 15) is 0 Å². The fraction of sp³-hybridized carbons (Fsp3) is 0.154. The summed E-state index contributed by atoms with van der Waals surface area (Å²) in [7, 11) is 0. The zero-order chi connectivity index (χ0) is 17.9. The molecule has 0 spiro atoms. The molecule has 0 bridgehead atoms. The quantitative estimate of drug-likeness (QED) is 0.310. The molecule has 0 amide bonds. The van der Waals surface area contributed by atoms with E-state index >= 15 is 0 Å². The van der Waals surface area contributed by atoms with Gasteiger partial charge >= 0.3 is 0 Å². The average molecular weight is 336 g/mol. The Labute approximate surface area is 156 Å². The molecule has 1 aliphatic rings. The van der Waals surface area contributed by atoms with Crippen molar-refractivity contribution in [3.05, 3.63) is 107 Å². The van der Waals surface area contributed by atoms with Crippen molar-refractivity contribution in [3.8, 4) is 11.1 Å². The predicted molar refractivity (Wildman–Crippen MR) is 113 cm³/mol. The van der Waals surface area contributed by atoms with Crippen molar-refractivity contribution in [1.29, 1.82) is 0 Å². The summed E-state index contributed by atoms with van der Waals surface area (Å²) in [6.07, 6.45) is 2.23. The summed E-state index contributed by atoms with van der Waals surface area (Å²) in [6.45, 7) is 4.33. The lowest BCUT2D eigenvalue weighted by Gasteiger charge is -2.03. The van der Waals surface area contributed by atoms with Gasteiger partial charge in [0.05, 0.1) is 0 Å². The van der Waals surface area contributed by atoms with E-state index in [0.717, 1.165) is 12.8 Å². The summed E-state index contributed by atoms with van der Waals surface area (Å²) >= 11 is 0. The Balaban J connectivity index is 0.000000136. The van der Waals surface area contributed by atoms with Crippen molar-refractivity contribution in [2.75, 3.05) is 0 Å². The molecular formula is C26H24. The molecule has 0 N–H and O–H groups in total. The number of benzene rings is 4. The highest BCUT2D eigenvalue weighted by Gasteiger charge is 2.17. The van der Waals surface area contributed by atoms with Gasteiger partial charge in [0.25, 0.3) is 0 Å². The highest BCUT2D eigenvalue weighted by atomic mass is 14.2. The predicted octanol–water partition coefficient (Wildman–Crippen LogP) is 6.97. The van der Waals surface area contributed by atoms with Crippen LogP contribution in [0.15, 0.2) is 84.9 Å². The summed E-state index contributed by atoms with van der Waals surface area (Å²) < 4.78 is 0. The summed E-state index contributed by atoms with van der Waals surface area (Å²) in [6, 6.07) is 30.5. The van der Waals surface area contributed by atoms with Gasteiger partial charge in [-0.15, -0.1) is 0 Å². The Morgan fingerprint density at radius 2 is 1.38 bits per heavy atom. The van der Waals surface area contributed by atoms with Crippen molar-refractivity contribution < 1.29 is 0 Å². The molecule has 0 heterocycles. The van der Waals surface area contributed by atoms with Crippen LogP contribution >= 0.6 is 0 Å². The molecule has 26 heavy (non-hydrogen) atoms. The molecule has 0 unspecified atom stereocenters. The van der Waals surface area contributed by atoms with Crippen LogP contribution in [0.5, 0.6) is 0 Å². The Kier molecular flexibility index (Phi) is 4.58. The normalized spacial score (nSPS) is 11.5. The van der Waals surface area contributed by atoms with Gasteiger partial charge in [0.2, 0.25) is 0 Å². The summed E-state index contributed by atoms with van der Waals surface area (Å²) in [5.74, 6) is 0. The summed E-state index contributed by atoms with van der Waals surface area (Å²) in [5.41, 5.74) is 8.59. The second-order valence-corrected chi connectivity index (χ2v) is 7.03. The molecule has 128 valence electrons. The first kappa shape index (κ1) is 16.6. The van der Waals surface area contributed by atoms with Crippen molar-refractivity contribution in [1.82, 2.24) is 0 Å². The number of aryl methyl sites for hydroxylation is 2. The van der Waals surface area contributed by atoms with Gasteiger partial charge in [-0.1, -0.05) is 97.4 Å². The van der Waals surface area contributed by atoms with Crippen molar-refractivity contribution in [2.45, 2.75) is 26.7 Å². The van der Waals surface area contributed by atoms with E-state index in [4.69, 9.17) is 0 Å². The SMILES string of the molecule is CCc1ccc2c(c1)-c1ccccc1C2.Cc1ccc2ccccc2c1. The van der Waals surface area contributed by atoms with Crippen molar-refractivity contribution >= 4 is 10.8 Å². The lowest BCUT2D eigenvalue weighted by Crippen LogP contribution is -1.83. The first-order valence-corrected chi connectivity index (χ1v) is 9.40. The molecule has 4 aromatic rings. The number of fused-ring (bicyclic) bond motifs is 4. The molecule has 0 nitrogen and oxygen atoms in total. The van der Waals surface area contributed by atoms with Gasteiger partial charge in [0, 0.05) is 0 Å². The Morgan fingerprint density at radius 1 is 0.654 bits per heavy atom. The lowest BCUT2D eigenvalue weighted by molar-refractivity contribution is 1.13. The maximum Gasteiger partial charge on any atom is -0.00135 e. The number of hydrogen-bond acceptors (Lipinski definition) is 0. The minimum absolute atomic E-state index is 1.11. The van der Waals surface area contributed by atoms with E-state index in [2.05, 4.69) is 98.8 Å². The largest absolute Gasteiger partial charge is 0.0619 e. The minimum Gasteiger partial charge on any atom is -0.0619 e. The van der Waals surface area contributed by atoms with Crippen LogP contribution in [0.3, 0.4) is 0 Å². The number of rotatable bonds is 1. The van der Waals surface area contributed by atoms with E-state index in [-0.39, 0.29) is 0 Å². The van der Waals surface area contributed by atoms with Gasteiger partial charge in [-0.05, 0) is 58.4 Å². The monoisotopic (exact) mass is 336 g/mol. The van der Waals surface area contributed by atoms with Crippen LogP contribution in [-0.4, -0.2) is 0 Å². The van der Waals surface area contributed by atoms with E-state index in [1.54, 1.807) is 0 Å². The Hall–Kier alpha value is -2.86. The van der Waals surface area contributed by atoms with Gasteiger partial charge in [0.15, 0.2) is 0 Å². The molecule has 0 heteroatoms. The van der Waals surface area contributed by atoms with Crippen LogP contribution in [0.2, 0.25) is 0 Å². The van der Waals surface area contributed by atoms with E-state index in [0.29, 0.717) is 0 Å². The lowest BCUT2D eigenvalue weighted by atomic mass is 10.0. The molecule has 0 aromatic heterocycles. The maximum absolute atomic E-state index is 2.35. The second-order valence-electron chi connectivity index (χ2n) is 7.03. The Bertz CT molecular complexity index is 1060. The molecule has 4 aromatic carbocycles. The molecule has 0 saturated carbocycles. The molecule has 0 radical (unpaired) electrons. The zero-order valence-electron chi connectivity index (χ0n) is 15.5. The summed E-state index contributed by atoms with van der Waals surface area (Å²) in [4.78, 5) is 0. The van der Waals surface area contributed by atoms with Crippen LogP contribution in [0.1, 0.15) is 29.2 Å². The Morgan fingerprint density at radius 3 is 2.23 bits per heavy atom. The van der Waals surface area contributed by atoms with Crippen LogP contribution in [0.25, 0.3) is 21.9 Å².